The standard InChI is InChI=1S/C7H14N2O2S/c1-7(2,8-5-12)9(3)6(10)11-4/h5H,1-4H3,(H,8,12). The summed E-state index contributed by atoms with van der Waals surface area (Å²) in [6.45, 7) is 3.65. The van der Waals surface area contributed by atoms with Gasteiger partial charge in [-0.25, -0.2) is 4.79 Å². The summed E-state index contributed by atoms with van der Waals surface area (Å²) in [5.74, 6) is 0. The van der Waals surface area contributed by atoms with Gasteiger partial charge in [-0.2, -0.15) is 0 Å². The Hall–Kier alpha value is -0.840. The van der Waals surface area contributed by atoms with Crippen LogP contribution >= 0.6 is 12.2 Å². The van der Waals surface area contributed by atoms with Crippen molar-refractivity contribution in [2.24, 2.45) is 0 Å². The molecule has 0 saturated heterocycles. The topological polar surface area (TPSA) is 41.6 Å². The third-order valence-corrected chi connectivity index (χ3v) is 1.82. The van der Waals surface area contributed by atoms with E-state index < -0.39 is 11.8 Å². The van der Waals surface area contributed by atoms with Gasteiger partial charge in [-0.1, -0.05) is 12.2 Å². The van der Waals surface area contributed by atoms with Gasteiger partial charge >= 0.3 is 6.09 Å². The van der Waals surface area contributed by atoms with E-state index in [0.29, 0.717) is 0 Å². The van der Waals surface area contributed by atoms with Crippen LogP contribution in [0.1, 0.15) is 13.8 Å². The number of rotatable bonds is 3. The smallest absolute Gasteiger partial charge is 0.411 e. The van der Waals surface area contributed by atoms with E-state index in [9.17, 15) is 4.79 Å². The van der Waals surface area contributed by atoms with Crippen molar-refractivity contribution in [1.29, 1.82) is 0 Å². The molecule has 0 aliphatic rings. The van der Waals surface area contributed by atoms with Crippen LogP contribution in [0.5, 0.6) is 0 Å². The molecule has 0 unspecified atom stereocenters. The highest BCUT2D eigenvalue weighted by molar-refractivity contribution is 7.78. The van der Waals surface area contributed by atoms with E-state index in [2.05, 4.69) is 22.3 Å². The van der Waals surface area contributed by atoms with Gasteiger partial charge in [0.15, 0.2) is 0 Å². The predicted molar refractivity (Wildman–Crippen MR) is 51.0 cm³/mol. The lowest BCUT2D eigenvalue weighted by Gasteiger charge is -2.34. The molecule has 0 heterocycles. The molecule has 0 aromatic rings. The largest absolute Gasteiger partial charge is 0.453 e. The van der Waals surface area contributed by atoms with Crippen molar-refractivity contribution in [3.8, 4) is 0 Å². The first-order valence-electron chi connectivity index (χ1n) is 3.49. The van der Waals surface area contributed by atoms with Crippen molar-refractivity contribution in [2.75, 3.05) is 14.2 Å². The van der Waals surface area contributed by atoms with Crippen molar-refractivity contribution in [1.82, 2.24) is 10.2 Å². The first-order valence-corrected chi connectivity index (χ1v) is 3.96. The van der Waals surface area contributed by atoms with Crippen molar-refractivity contribution in [3.05, 3.63) is 0 Å². The van der Waals surface area contributed by atoms with Crippen LogP contribution < -0.4 is 5.32 Å². The number of hydrogen-bond donors (Lipinski definition) is 1. The van der Waals surface area contributed by atoms with E-state index in [1.807, 2.05) is 13.8 Å². The molecule has 70 valence electrons. The quantitative estimate of drug-likeness (QED) is 0.532. The monoisotopic (exact) mass is 190 g/mol. The number of methoxy groups -OCH3 is 1. The number of thiocarbonyl (C=S) groups is 1. The van der Waals surface area contributed by atoms with Crippen LogP contribution in [0.3, 0.4) is 0 Å². The van der Waals surface area contributed by atoms with Gasteiger partial charge in [0, 0.05) is 7.05 Å². The van der Waals surface area contributed by atoms with E-state index >= 15 is 0 Å². The van der Waals surface area contributed by atoms with Gasteiger partial charge in [-0.05, 0) is 13.8 Å². The molecule has 12 heavy (non-hydrogen) atoms. The Balaban J connectivity index is 4.32. The van der Waals surface area contributed by atoms with Gasteiger partial charge in [-0.15, -0.1) is 0 Å². The van der Waals surface area contributed by atoms with E-state index in [0.717, 1.165) is 0 Å². The maximum atomic E-state index is 11.0. The number of ether oxygens (including phenoxy) is 1. The van der Waals surface area contributed by atoms with Gasteiger partial charge in [0.2, 0.25) is 0 Å². The highest BCUT2D eigenvalue weighted by Crippen LogP contribution is 2.08. The van der Waals surface area contributed by atoms with Gasteiger partial charge in [0.1, 0.15) is 5.66 Å². The second kappa shape index (κ2) is 4.25. The molecular formula is C7H14N2O2S. The molecule has 0 aliphatic heterocycles. The summed E-state index contributed by atoms with van der Waals surface area (Å²) in [6.07, 6.45) is -0.399. The van der Waals surface area contributed by atoms with Crippen LogP contribution in [-0.4, -0.2) is 36.3 Å². The summed E-state index contributed by atoms with van der Waals surface area (Å²) < 4.78 is 4.54. The average Bonchev–Trinajstić information content (AvgIpc) is 2.01. The van der Waals surface area contributed by atoms with E-state index in [-0.39, 0.29) is 0 Å². The Morgan fingerprint density at radius 1 is 1.67 bits per heavy atom. The molecule has 5 heteroatoms. The summed E-state index contributed by atoms with van der Waals surface area (Å²) in [5.41, 5.74) is 0.855. The van der Waals surface area contributed by atoms with Gasteiger partial charge in [0.05, 0.1) is 12.6 Å². The molecule has 0 saturated carbocycles. The summed E-state index contributed by atoms with van der Waals surface area (Å²) in [6, 6.07) is 0. The molecule has 0 bridgehead atoms. The molecule has 0 fully saturated rings. The van der Waals surface area contributed by atoms with Crippen LogP contribution in [0, 0.1) is 0 Å². The third kappa shape index (κ3) is 2.65. The minimum absolute atomic E-state index is 0.399. The Bertz CT molecular complexity index is 182. The van der Waals surface area contributed by atoms with Gasteiger partial charge < -0.3 is 10.1 Å². The minimum atomic E-state index is -0.519. The predicted octanol–water partition coefficient (Wildman–Crippen LogP) is 0.968. The number of amides is 1. The molecular weight excluding hydrogens is 176 g/mol. The Kier molecular flexibility index (Phi) is 3.95. The summed E-state index contributed by atoms with van der Waals surface area (Å²) >= 11 is 4.63. The van der Waals surface area contributed by atoms with E-state index in [1.54, 1.807) is 7.05 Å². The number of nitrogens with one attached hydrogen (secondary N) is 1. The lowest BCUT2D eigenvalue weighted by molar-refractivity contribution is 0.0877. The molecule has 1 amide bonds. The molecule has 0 atom stereocenters. The number of hydrogen-bond acceptors (Lipinski definition) is 3. The molecule has 0 aromatic carbocycles. The van der Waals surface area contributed by atoms with Crippen LogP contribution in [-0.2, 0) is 4.74 Å². The van der Waals surface area contributed by atoms with Crippen molar-refractivity contribution < 1.29 is 9.53 Å². The van der Waals surface area contributed by atoms with Crippen LogP contribution in [0.4, 0.5) is 4.79 Å². The Morgan fingerprint density at radius 3 is 2.50 bits per heavy atom. The van der Waals surface area contributed by atoms with E-state index in [4.69, 9.17) is 0 Å². The van der Waals surface area contributed by atoms with Gasteiger partial charge in [-0.3, -0.25) is 4.90 Å². The Labute approximate surface area is 77.9 Å². The normalized spacial score (nSPS) is 10.3. The molecule has 0 aromatic heterocycles. The van der Waals surface area contributed by atoms with Crippen LogP contribution in [0.25, 0.3) is 0 Å². The lowest BCUT2D eigenvalue weighted by atomic mass is 10.2. The summed E-state index contributed by atoms with van der Waals surface area (Å²) in [4.78, 5) is 12.5. The molecule has 0 radical (unpaired) electrons. The maximum Gasteiger partial charge on any atom is 0.411 e. The van der Waals surface area contributed by atoms with Crippen molar-refractivity contribution >= 4 is 23.8 Å². The fourth-order valence-electron chi connectivity index (χ4n) is 0.606. The zero-order valence-corrected chi connectivity index (χ0v) is 8.57. The van der Waals surface area contributed by atoms with Crippen molar-refractivity contribution in [3.63, 3.8) is 0 Å². The summed E-state index contributed by atoms with van der Waals surface area (Å²) in [5, 5.41) is 2.85. The lowest BCUT2D eigenvalue weighted by Crippen LogP contribution is -2.54. The van der Waals surface area contributed by atoms with E-state index in [1.165, 1.54) is 17.5 Å². The molecule has 0 aliphatic carbocycles. The first-order chi connectivity index (χ1) is 5.45. The van der Waals surface area contributed by atoms with Crippen molar-refractivity contribution in [2.45, 2.75) is 19.5 Å². The summed E-state index contributed by atoms with van der Waals surface area (Å²) in [7, 11) is 2.98. The SMILES string of the molecule is COC(=O)N(C)C(C)(C)NC=S. The Morgan fingerprint density at radius 2 is 2.17 bits per heavy atom. The zero-order valence-electron chi connectivity index (χ0n) is 7.75. The molecule has 0 rings (SSSR count). The number of nitrogens with zero attached hydrogens (tertiary/aromatic N) is 1. The zero-order chi connectivity index (χ0) is 9.78. The van der Waals surface area contributed by atoms with Gasteiger partial charge in [0.25, 0.3) is 0 Å². The maximum absolute atomic E-state index is 11.0. The second-order valence-corrected chi connectivity index (χ2v) is 3.09. The first kappa shape index (κ1) is 11.2. The highest BCUT2D eigenvalue weighted by Gasteiger charge is 2.26. The third-order valence-electron chi connectivity index (χ3n) is 1.70. The molecule has 4 nitrogen and oxygen atoms in total. The molecule has 1 N–H and O–H groups in total. The molecule has 0 spiro atoms. The van der Waals surface area contributed by atoms with Crippen LogP contribution in [0.15, 0.2) is 0 Å². The fraction of sp³-hybridized carbons (Fsp3) is 0.714. The average molecular weight is 190 g/mol. The minimum Gasteiger partial charge on any atom is -0.453 e. The highest BCUT2D eigenvalue weighted by atomic mass is 32.1. The second-order valence-electron chi connectivity index (χ2n) is 2.85. The number of carbonyl (C=O) groups excluding carboxylic acids is 1. The number of carbonyl (C=O) groups is 1. The fourth-order valence-corrected chi connectivity index (χ4v) is 0.895. The van der Waals surface area contributed by atoms with Crippen LogP contribution in [0.2, 0.25) is 0 Å².